The lowest BCUT2D eigenvalue weighted by Crippen LogP contribution is -2.54. The Labute approximate surface area is 142 Å². The van der Waals surface area contributed by atoms with Crippen molar-refractivity contribution in [2.45, 2.75) is 92.9 Å². The molecule has 3 atom stereocenters. The van der Waals surface area contributed by atoms with E-state index in [1.54, 1.807) is 11.1 Å². The maximum atomic E-state index is 10.9. The minimum absolute atomic E-state index is 0.265. The number of allylic oxidation sites excluding steroid dienone is 2. The summed E-state index contributed by atoms with van der Waals surface area (Å²) in [6, 6.07) is 0. The molecule has 1 fully saturated rings. The second-order valence-corrected chi connectivity index (χ2v) is 9.40. The second-order valence-electron chi connectivity index (χ2n) is 9.40. The Bertz CT molecular complexity index is 502. The van der Waals surface area contributed by atoms with Crippen molar-refractivity contribution in [1.82, 2.24) is 0 Å². The Kier molecular flexibility index (Phi) is 5.05. The summed E-state index contributed by atoms with van der Waals surface area (Å²) >= 11 is 0. The summed E-state index contributed by atoms with van der Waals surface area (Å²) in [4.78, 5) is 10.9. The van der Waals surface area contributed by atoms with Gasteiger partial charge in [0, 0.05) is 6.42 Å². The molecule has 0 aromatic heterocycles. The van der Waals surface area contributed by atoms with Crippen molar-refractivity contribution < 1.29 is 9.90 Å². The summed E-state index contributed by atoms with van der Waals surface area (Å²) in [6.45, 7) is 14.4. The molecule has 2 nitrogen and oxygen atoms in total. The third kappa shape index (κ3) is 3.10. The zero-order chi connectivity index (χ0) is 17.5. The Balaban J connectivity index is 2.25. The number of hydrogen-bond acceptors (Lipinski definition) is 1. The lowest BCUT2D eigenvalue weighted by molar-refractivity contribution is -0.138. The predicted molar refractivity (Wildman–Crippen MR) is 96.4 cm³/mol. The van der Waals surface area contributed by atoms with Gasteiger partial charge in [-0.1, -0.05) is 52.2 Å². The van der Waals surface area contributed by atoms with Gasteiger partial charge in [0.25, 0.3) is 0 Å². The quantitative estimate of drug-likeness (QED) is 0.611. The number of rotatable bonds is 5. The summed E-state index contributed by atoms with van der Waals surface area (Å²) in [6.07, 6.45) is 8.86. The summed E-state index contributed by atoms with van der Waals surface area (Å²) in [5.74, 6) is -0.400. The molecule has 2 heteroatoms. The number of carboxylic acids is 1. The fourth-order valence-corrected chi connectivity index (χ4v) is 5.62. The van der Waals surface area contributed by atoms with Crippen molar-refractivity contribution in [3.05, 3.63) is 11.1 Å². The van der Waals surface area contributed by atoms with Gasteiger partial charge in [0.15, 0.2) is 0 Å². The van der Waals surface area contributed by atoms with E-state index < -0.39 is 5.97 Å². The minimum Gasteiger partial charge on any atom is -0.481 e. The van der Waals surface area contributed by atoms with Crippen LogP contribution in [0, 0.1) is 22.2 Å². The van der Waals surface area contributed by atoms with Crippen LogP contribution in [0.15, 0.2) is 11.1 Å². The molecule has 23 heavy (non-hydrogen) atoms. The summed E-state index contributed by atoms with van der Waals surface area (Å²) in [5.41, 5.74) is 4.29. The van der Waals surface area contributed by atoms with Gasteiger partial charge in [0.05, 0.1) is 0 Å². The monoisotopic (exact) mass is 320 g/mol. The predicted octanol–water partition coefficient (Wildman–Crippen LogP) is 6.21. The first-order valence-corrected chi connectivity index (χ1v) is 9.44. The third-order valence-corrected chi connectivity index (χ3v) is 7.78. The van der Waals surface area contributed by atoms with Crippen LogP contribution in [0.25, 0.3) is 0 Å². The van der Waals surface area contributed by atoms with Gasteiger partial charge < -0.3 is 5.11 Å². The highest BCUT2D eigenvalue weighted by Gasteiger charge is 2.58. The Morgan fingerprint density at radius 1 is 1.17 bits per heavy atom. The molecule has 1 unspecified atom stereocenters. The zero-order valence-corrected chi connectivity index (χ0v) is 16.1. The Morgan fingerprint density at radius 3 is 2.43 bits per heavy atom. The smallest absolute Gasteiger partial charge is 0.303 e. The Morgan fingerprint density at radius 2 is 1.83 bits per heavy atom. The van der Waals surface area contributed by atoms with Gasteiger partial charge in [-0.25, -0.2) is 0 Å². The van der Waals surface area contributed by atoms with E-state index in [1.807, 2.05) is 0 Å². The van der Waals surface area contributed by atoms with Gasteiger partial charge in [-0.15, -0.1) is 0 Å². The van der Waals surface area contributed by atoms with Crippen LogP contribution in [-0.2, 0) is 4.79 Å². The van der Waals surface area contributed by atoms with Crippen LogP contribution >= 0.6 is 0 Å². The molecule has 0 amide bonds. The van der Waals surface area contributed by atoms with Gasteiger partial charge in [0.2, 0.25) is 0 Å². The van der Waals surface area contributed by atoms with Crippen LogP contribution in [0.5, 0.6) is 0 Å². The van der Waals surface area contributed by atoms with Crippen molar-refractivity contribution in [2.75, 3.05) is 0 Å². The van der Waals surface area contributed by atoms with Gasteiger partial charge in [-0.3, -0.25) is 4.79 Å². The molecule has 132 valence electrons. The molecular formula is C21H36O2. The number of fused-ring (bicyclic) bond motifs is 1. The van der Waals surface area contributed by atoms with Crippen LogP contribution in [-0.4, -0.2) is 11.1 Å². The summed E-state index contributed by atoms with van der Waals surface area (Å²) in [7, 11) is 0. The number of hydrogen-bond donors (Lipinski definition) is 1. The average Bonchev–Trinajstić information content (AvgIpc) is 2.41. The summed E-state index contributed by atoms with van der Waals surface area (Å²) < 4.78 is 0. The highest BCUT2D eigenvalue weighted by molar-refractivity contribution is 5.66. The maximum absolute atomic E-state index is 10.9. The van der Waals surface area contributed by atoms with Crippen molar-refractivity contribution >= 4 is 5.97 Å². The summed E-state index contributed by atoms with van der Waals surface area (Å²) in [5, 5.41) is 9.01. The normalized spacial score (nSPS) is 34.9. The molecule has 0 aliphatic heterocycles. The topological polar surface area (TPSA) is 37.3 Å². The number of carboxylic acid groups (broad SMARTS) is 1. The van der Waals surface area contributed by atoms with E-state index in [0.717, 1.165) is 12.8 Å². The standard InChI is InChI=1S/C21H36O2/c1-15(14-18(22)23)8-9-17-16(2)10-13-21(6)19(3,4)11-7-12-20(17,21)5/h15H,7-14H2,1-6H3,(H,22,23)/t15?,20-,21+/m1/s1. The molecule has 0 bridgehead atoms. The van der Waals surface area contributed by atoms with Crippen molar-refractivity contribution in [2.24, 2.45) is 22.2 Å². The number of carbonyl (C=O) groups is 1. The SMILES string of the molecule is CC1=C(CCC(C)CC(=O)O)[C@@]2(C)CCCC(C)(C)[C@]2(C)CC1. The fourth-order valence-electron chi connectivity index (χ4n) is 5.62. The van der Waals surface area contributed by atoms with E-state index in [-0.39, 0.29) is 5.92 Å². The van der Waals surface area contributed by atoms with E-state index in [2.05, 4.69) is 41.5 Å². The molecular weight excluding hydrogens is 284 g/mol. The molecule has 2 aliphatic rings. The molecule has 0 aromatic carbocycles. The molecule has 0 saturated heterocycles. The van der Waals surface area contributed by atoms with Gasteiger partial charge in [-0.05, 0) is 67.6 Å². The van der Waals surface area contributed by atoms with Crippen LogP contribution in [0.2, 0.25) is 0 Å². The van der Waals surface area contributed by atoms with Crippen LogP contribution in [0.1, 0.15) is 92.9 Å². The fraction of sp³-hybridized carbons (Fsp3) is 0.857. The first-order chi connectivity index (χ1) is 10.5. The minimum atomic E-state index is -0.665. The van der Waals surface area contributed by atoms with Crippen LogP contribution < -0.4 is 0 Å². The zero-order valence-electron chi connectivity index (χ0n) is 16.1. The van der Waals surface area contributed by atoms with E-state index >= 15 is 0 Å². The lowest BCUT2D eigenvalue weighted by atomic mass is 9.42. The third-order valence-electron chi connectivity index (χ3n) is 7.78. The van der Waals surface area contributed by atoms with Crippen molar-refractivity contribution in [3.8, 4) is 0 Å². The molecule has 0 heterocycles. The van der Waals surface area contributed by atoms with Gasteiger partial charge in [-0.2, -0.15) is 0 Å². The highest BCUT2D eigenvalue weighted by Crippen LogP contribution is 2.67. The maximum Gasteiger partial charge on any atom is 0.303 e. The van der Waals surface area contributed by atoms with Gasteiger partial charge >= 0.3 is 5.97 Å². The largest absolute Gasteiger partial charge is 0.481 e. The molecule has 0 aromatic rings. The van der Waals surface area contributed by atoms with E-state index in [0.29, 0.717) is 22.7 Å². The molecule has 2 rings (SSSR count). The number of aliphatic carboxylic acids is 1. The molecule has 1 saturated carbocycles. The van der Waals surface area contributed by atoms with Gasteiger partial charge in [0.1, 0.15) is 0 Å². The van der Waals surface area contributed by atoms with Crippen LogP contribution in [0.3, 0.4) is 0 Å². The van der Waals surface area contributed by atoms with Crippen molar-refractivity contribution in [3.63, 3.8) is 0 Å². The second kappa shape index (κ2) is 6.26. The first-order valence-electron chi connectivity index (χ1n) is 9.44. The Hall–Kier alpha value is -0.790. The molecule has 0 radical (unpaired) electrons. The highest BCUT2D eigenvalue weighted by atomic mass is 16.4. The first kappa shape index (κ1) is 18.5. The van der Waals surface area contributed by atoms with E-state index in [1.165, 1.54) is 32.1 Å². The van der Waals surface area contributed by atoms with Crippen LogP contribution in [0.4, 0.5) is 0 Å². The van der Waals surface area contributed by atoms with E-state index in [9.17, 15) is 4.79 Å². The molecule has 0 spiro atoms. The van der Waals surface area contributed by atoms with E-state index in [4.69, 9.17) is 5.11 Å². The lowest BCUT2D eigenvalue weighted by Gasteiger charge is -2.63. The van der Waals surface area contributed by atoms with Crippen molar-refractivity contribution in [1.29, 1.82) is 0 Å². The molecule has 1 N–H and O–H groups in total. The molecule has 2 aliphatic carbocycles. The average molecular weight is 321 g/mol.